The second-order valence-electron chi connectivity index (χ2n) is 4.12. The molecule has 96 valence electrons. The summed E-state index contributed by atoms with van der Waals surface area (Å²) in [5.41, 5.74) is 1.19. The number of rotatable bonds is 5. The van der Waals surface area contributed by atoms with Gasteiger partial charge in [-0.3, -0.25) is 0 Å². The van der Waals surface area contributed by atoms with Gasteiger partial charge in [-0.05, 0) is 30.8 Å². The number of thiophene rings is 1. The molecule has 0 aliphatic carbocycles. The van der Waals surface area contributed by atoms with E-state index in [-0.39, 0.29) is 0 Å². The van der Waals surface area contributed by atoms with Gasteiger partial charge in [0, 0.05) is 24.7 Å². The van der Waals surface area contributed by atoms with Crippen LogP contribution < -0.4 is 10.2 Å². The molecule has 2 aromatic rings. The van der Waals surface area contributed by atoms with Gasteiger partial charge in [0.15, 0.2) is 0 Å². The van der Waals surface area contributed by atoms with Crippen molar-refractivity contribution in [3.05, 3.63) is 45.2 Å². The molecule has 18 heavy (non-hydrogen) atoms. The van der Waals surface area contributed by atoms with E-state index in [1.165, 1.54) is 10.4 Å². The van der Waals surface area contributed by atoms with Crippen LogP contribution in [0.1, 0.15) is 10.4 Å². The van der Waals surface area contributed by atoms with Crippen LogP contribution in [-0.2, 0) is 13.1 Å². The summed E-state index contributed by atoms with van der Waals surface area (Å²) >= 11 is 7.53. The van der Waals surface area contributed by atoms with Gasteiger partial charge < -0.3 is 10.2 Å². The summed E-state index contributed by atoms with van der Waals surface area (Å²) < 4.78 is 0.829. The standard InChI is InChI=1S/C13H16ClN3S/c1-15-7-10-3-6-13(16-8-10)17(2)9-11-4-5-12(14)18-11/h3-6,8,15H,7,9H2,1-2H3. The van der Waals surface area contributed by atoms with E-state index in [1.54, 1.807) is 11.3 Å². The molecule has 2 rings (SSSR count). The zero-order chi connectivity index (χ0) is 13.0. The molecule has 0 aliphatic heterocycles. The number of nitrogens with zero attached hydrogens (tertiary/aromatic N) is 2. The number of nitrogens with one attached hydrogen (secondary N) is 1. The number of halogens is 1. The molecule has 0 spiro atoms. The lowest BCUT2D eigenvalue weighted by molar-refractivity contribution is 0.810. The summed E-state index contributed by atoms with van der Waals surface area (Å²) in [6.07, 6.45) is 1.91. The van der Waals surface area contributed by atoms with E-state index in [9.17, 15) is 0 Å². The maximum atomic E-state index is 5.92. The molecular formula is C13H16ClN3S. The summed E-state index contributed by atoms with van der Waals surface area (Å²) in [5.74, 6) is 0.972. The fourth-order valence-electron chi connectivity index (χ4n) is 1.70. The molecule has 0 atom stereocenters. The highest BCUT2D eigenvalue weighted by atomic mass is 35.5. The van der Waals surface area contributed by atoms with E-state index in [0.29, 0.717) is 0 Å². The number of pyridine rings is 1. The van der Waals surface area contributed by atoms with Gasteiger partial charge >= 0.3 is 0 Å². The van der Waals surface area contributed by atoms with Gasteiger partial charge in [0.25, 0.3) is 0 Å². The minimum Gasteiger partial charge on any atom is -0.355 e. The lowest BCUT2D eigenvalue weighted by atomic mass is 10.3. The second kappa shape index (κ2) is 6.18. The first kappa shape index (κ1) is 13.3. The molecule has 0 saturated heterocycles. The van der Waals surface area contributed by atoms with Gasteiger partial charge in [-0.2, -0.15) is 0 Å². The van der Waals surface area contributed by atoms with Crippen LogP contribution in [0.2, 0.25) is 4.34 Å². The van der Waals surface area contributed by atoms with Crippen LogP contribution in [0.15, 0.2) is 30.5 Å². The number of aromatic nitrogens is 1. The van der Waals surface area contributed by atoms with Crippen LogP contribution in [0.3, 0.4) is 0 Å². The number of hydrogen-bond acceptors (Lipinski definition) is 4. The van der Waals surface area contributed by atoms with Crippen LogP contribution in [0, 0.1) is 0 Å². The zero-order valence-corrected chi connectivity index (χ0v) is 12.1. The Balaban J connectivity index is 2.02. The highest BCUT2D eigenvalue weighted by Gasteiger charge is 2.05. The Morgan fingerprint density at radius 1 is 1.33 bits per heavy atom. The van der Waals surface area contributed by atoms with Crippen LogP contribution in [-0.4, -0.2) is 19.1 Å². The highest BCUT2D eigenvalue weighted by Crippen LogP contribution is 2.23. The van der Waals surface area contributed by atoms with E-state index in [1.807, 2.05) is 32.4 Å². The molecule has 0 unspecified atom stereocenters. The van der Waals surface area contributed by atoms with Crippen molar-refractivity contribution in [3.63, 3.8) is 0 Å². The minimum absolute atomic E-state index is 0.829. The Morgan fingerprint density at radius 3 is 2.72 bits per heavy atom. The molecule has 0 amide bonds. The summed E-state index contributed by atoms with van der Waals surface area (Å²) in [6.45, 7) is 1.67. The normalized spacial score (nSPS) is 10.6. The van der Waals surface area contributed by atoms with E-state index >= 15 is 0 Å². The van der Waals surface area contributed by atoms with Gasteiger partial charge in [-0.25, -0.2) is 4.98 Å². The monoisotopic (exact) mass is 281 g/mol. The summed E-state index contributed by atoms with van der Waals surface area (Å²) in [7, 11) is 3.97. The van der Waals surface area contributed by atoms with Crippen molar-refractivity contribution < 1.29 is 0 Å². The third-order valence-corrected chi connectivity index (χ3v) is 3.82. The minimum atomic E-state index is 0.829. The van der Waals surface area contributed by atoms with Crippen molar-refractivity contribution in [1.29, 1.82) is 0 Å². The molecule has 0 fully saturated rings. The van der Waals surface area contributed by atoms with Gasteiger partial charge in [0.2, 0.25) is 0 Å². The average Bonchev–Trinajstić information content (AvgIpc) is 2.76. The van der Waals surface area contributed by atoms with Crippen molar-refractivity contribution in [2.75, 3.05) is 19.0 Å². The molecule has 1 N–H and O–H groups in total. The van der Waals surface area contributed by atoms with Crippen LogP contribution in [0.5, 0.6) is 0 Å². The van der Waals surface area contributed by atoms with Crippen molar-refractivity contribution in [2.45, 2.75) is 13.1 Å². The molecule has 0 bridgehead atoms. The Hall–Kier alpha value is -1.10. The van der Waals surface area contributed by atoms with Crippen molar-refractivity contribution in [2.24, 2.45) is 0 Å². The Bertz CT molecular complexity index is 495. The van der Waals surface area contributed by atoms with Crippen LogP contribution in [0.25, 0.3) is 0 Å². The number of anilines is 1. The lowest BCUT2D eigenvalue weighted by Gasteiger charge is -2.17. The van der Waals surface area contributed by atoms with E-state index in [2.05, 4.69) is 27.3 Å². The van der Waals surface area contributed by atoms with Crippen LogP contribution in [0.4, 0.5) is 5.82 Å². The first-order valence-corrected chi connectivity index (χ1v) is 6.93. The lowest BCUT2D eigenvalue weighted by Crippen LogP contribution is -2.17. The van der Waals surface area contributed by atoms with Crippen molar-refractivity contribution in [1.82, 2.24) is 10.3 Å². The largest absolute Gasteiger partial charge is 0.355 e. The fraction of sp³-hybridized carbons (Fsp3) is 0.308. The van der Waals surface area contributed by atoms with Crippen molar-refractivity contribution in [3.8, 4) is 0 Å². The molecule has 3 nitrogen and oxygen atoms in total. The van der Waals surface area contributed by atoms with Gasteiger partial charge in [0.05, 0.1) is 10.9 Å². The Kier molecular flexibility index (Phi) is 4.58. The predicted molar refractivity (Wildman–Crippen MR) is 78.4 cm³/mol. The van der Waals surface area contributed by atoms with Gasteiger partial charge in [-0.15, -0.1) is 11.3 Å². The van der Waals surface area contributed by atoms with Gasteiger partial charge in [0.1, 0.15) is 5.82 Å². The zero-order valence-electron chi connectivity index (χ0n) is 10.5. The SMILES string of the molecule is CNCc1ccc(N(C)Cc2ccc(Cl)s2)nc1. The third-order valence-electron chi connectivity index (χ3n) is 2.60. The van der Waals surface area contributed by atoms with Crippen molar-refractivity contribution >= 4 is 28.8 Å². The first-order valence-electron chi connectivity index (χ1n) is 5.74. The topological polar surface area (TPSA) is 28.2 Å². The smallest absolute Gasteiger partial charge is 0.128 e. The van der Waals surface area contributed by atoms with E-state index in [4.69, 9.17) is 11.6 Å². The summed E-state index contributed by atoms with van der Waals surface area (Å²) in [6, 6.07) is 8.12. The summed E-state index contributed by atoms with van der Waals surface area (Å²) in [5, 5.41) is 3.11. The molecule has 2 aromatic heterocycles. The summed E-state index contributed by atoms with van der Waals surface area (Å²) in [4.78, 5) is 7.81. The molecule has 5 heteroatoms. The fourth-order valence-corrected chi connectivity index (χ4v) is 2.84. The number of hydrogen-bond donors (Lipinski definition) is 1. The second-order valence-corrected chi connectivity index (χ2v) is 5.92. The maximum Gasteiger partial charge on any atom is 0.128 e. The Labute approximate surface area is 116 Å². The maximum absolute atomic E-state index is 5.92. The Morgan fingerprint density at radius 2 is 2.17 bits per heavy atom. The molecule has 0 aromatic carbocycles. The first-order chi connectivity index (χ1) is 8.69. The third kappa shape index (κ3) is 3.45. The average molecular weight is 282 g/mol. The molecule has 0 radical (unpaired) electrons. The molecule has 2 heterocycles. The molecular weight excluding hydrogens is 266 g/mol. The quantitative estimate of drug-likeness (QED) is 0.912. The van der Waals surface area contributed by atoms with Crippen LogP contribution >= 0.6 is 22.9 Å². The van der Waals surface area contributed by atoms with E-state index < -0.39 is 0 Å². The molecule has 0 saturated carbocycles. The molecule has 0 aliphatic rings. The predicted octanol–water partition coefficient (Wildman–Crippen LogP) is 3.15. The highest BCUT2D eigenvalue weighted by molar-refractivity contribution is 7.16. The van der Waals surface area contributed by atoms with Gasteiger partial charge in [-0.1, -0.05) is 17.7 Å². The van der Waals surface area contributed by atoms with E-state index in [0.717, 1.165) is 23.2 Å².